The predicted molar refractivity (Wildman–Crippen MR) is 65.1 cm³/mol. The highest BCUT2D eigenvalue weighted by molar-refractivity contribution is 5.43. The van der Waals surface area contributed by atoms with Gasteiger partial charge in [0.1, 0.15) is 11.4 Å². The second-order valence-electron chi connectivity index (χ2n) is 5.41. The van der Waals surface area contributed by atoms with Crippen molar-refractivity contribution in [3.8, 4) is 5.75 Å². The number of fused-ring (bicyclic) bond motifs is 1. The third-order valence-corrected chi connectivity index (χ3v) is 3.79. The first-order valence-electron chi connectivity index (χ1n) is 6.21. The molecule has 2 aliphatic heterocycles. The van der Waals surface area contributed by atoms with Gasteiger partial charge in [-0.05, 0) is 29.7 Å². The van der Waals surface area contributed by atoms with Gasteiger partial charge in [-0.15, -0.1) is 0 Å². The molecule has 1 aromatic rings. The number of ether oxygens (including phenoxy) is 1. The second-order valence-corrected chi connectivity index (χ2v) is 5.41. The molecule has 0 radical (unpaired) electrons. The minimum Gasteiger partial charge on any atom is -0.485 e. The van der Waals surface area contributed by atoms with E-state index in [1.807, 2.05) is 0 Å². The maximum absolute atomic E-state index is 6.13. The van der Waals surface area contributed by atoms with Gasteiger partial charge in [-0.25, -0.2) is 0 Å². The molecule has 1 N–H and O–H groups in total. The molecule has 0 saturated carbocycles. The Morgan fingerprint density at radius 1 is 1.38 bits per heavy atom. The van der Waals surface area contributed by atoms with Gasteiger partial charge in [-0.2, -0.15) is 0 Å². The maximum atomic E-state index is 6.13. The van der Waals surface area contributed by atoms with Crippen LogP contribution < -0.4 is 10.1 Å². The minimum absolute atomic E-state index is 0.0674. The molecular weight excluding hydrogens is 198 g/mol. The highest BCUT2D eigenvalue weighted by Crippen LogP contribution is 2.39. The fourth-order valence-corrected chi connectivity index (χ4v) is 2.77. The van der Waals surface area contributed by atoms with Gasteiger partial charge in [-0.1, -0.05) is 26.0 Å². The first kappa shape index (κ1) is 10.2. The molecule has 1 atom stereocenters. The summed E-state index contributed by atoms with van der Waals surface area (Å²) in [4.78, 5) is 0. The zero-order valence-corrected chi connectivity index (χ0v) is 10.0. The molecule has 0 amide bonds. The Bertz CT molecular complexity index is 405. The van der Waals surface area contributed by atoms with Gasteiger partial charge in [0.05, 0.1) is 0 Å². The van der Waals surface area contributed by atoms with Crippen molar-refractivity contribution in [3.05, 3.63) is 29.3 Å². The van der Waals surface area contributed by atoms with Crippen molar-refractivity contribution in [2.45, 2.75) is 38.2 Å². The molecule has 1 aromatic carbocycles. The summed E-state index contributed by atoms with van der Waals surface area (Å²) >= 11 is 0. The lowest BCUT2D eigenvalue weighted by atomic mass is 9.94. The van der Waals surface area contributed by atoms with Crippen LogP contribution in [0.1, 0.15) is 37.3 Å². The summed E-state index contributed by atoms with van der Waals surface area (Å²) in [5.41, 5.74) is 2.89. The van der Waals surface area contributed by atoms with Crippen molar-refractivity contribution < 1.29 is 4.74 Å². The van der Waals surface area contributed by atoms with E-state index >= 15 is 0 Å². The van der Waals surface area contributed by atoms with Gasteiger partial charge in [0.25, 0.3) is 0 Å². The molecule has 2 nitrogen and oxygen atoms in total. The molecule has 2 aliphatic rings. The second kappa shape index (κ2) is 3.49. The smallest absolute Gasteiger partial charge is 0.127 e. The van der Waals surface area contributed by atoms with E-state index in [-0.39, 0.29) is 5.60 Å². The zero-order chi connectivity index (χ0) is 11.2. The standard InChI is InChI=1S/C14H19NO/c1-10(2)11-3-4-13-12(7-11)8-14(16-13)5-6-15-9-14/h3-4,7,10,15H,5-6,8-9H2,1-2H3. The molecule has 0 bridgehead atoms. The Hall–Kier alpha value is -1.02. The van der Waals surface area contributed by atoms with Crippen molar-refractivity contribution in [1.82, 2.24) is 5.32 Å². The molecule has 1 unspecified atom stereocenters. The third-order valence-electron chi connectivity index (χ3n) is 3.79. The lowest BCUT2D eigenvalue weighted by molar-refractivity contribution is 0.118. The van der Waals surface area contributed by atoms with Gasteiger partial charge in [0.2, 0.25) is 0 Å². The molecule has 2 heterocycles. The number of rotatable bonds is 1. The Morgan fingerprint density at radius 3 is 2.94 bits per heavy atom. The van der Waals surface area contributed by atoms with E-state index < -0.39 is 0 Å². The SMILES string of the molecule is CC(C)c1ccc2c(c1)CC1(CCNC1)O2. The van der Waals surface area contributed by atoms with E-state index in [1.54, 1.807) is 0 Å². The van der Waals surface area contributed by atoms with Crippen LogP contribution in [0, 0.1) is 0 Å². The number of nitrogens with one attached hydrogen (secondary N) is 1. The van der Waals surface area contributed by atoms with Crippen LogP contribution in [0.5, 0.6) is 5.75 Å². The van der Waals surface area contributed by atoms with Crippen LogP contribution in [0.25, 0.3) is 0 Å². The van der Waals surface area contributed by atoms with Crippen LogP contribution >= 0.6 is 0 Å². The summed E-state index contributed by atoms with van der Waals surface area (Å²) in [5, 5.41) is 3.40. The Morgan fingerprint density at radius 2 is 2.25 bits per heavy atom. The monoisotopic (exact) mass is 217 g/mol. The third kappa shape index (κ3) is 1.52. The van der Waals surface area contributed by atoms with Crippen molar-refractivity contribution >= 4 is 0 Å². The molecular formula is C14H19NO. The van der Waals surface area contributed by atoms with Gasteiger partial charge < -0.3 is 10.1 Å². The molecule has 1 fully saturated rings. The molecule has 0 aromatic heterocycles. The Kier molecular flexibility index (Phi) is 2.21. The summed E-state index contributed by atoms with van der Waals surface area (Å²) < 4.78 is 6.13. The average Bonchev–Trinajstić information content (AvgIpc) is 2.84. The van der Waals surface area contributed by atoms with Gasteiger partial charge >= 0.3 is 0 Å². The van der Waals surface area contributed by atoms with Crippen molar-refractivity contribution in [1.29, 1.82) is 0 Å². The Balaban J connectivity index is 1.91. The summed E-state index contributed by atoms with van der Waals surface area (Å²) in [6.45, 7) is 6.57. The quantitative estimate of drug-likeness (QED) is 0.780. The summed E-state index contributed by atoms with van der Waals surface area (Å²) in [7, 11) is 0. The van der Waals surface area contributed by atoms with Crippen molar-refractivity contribution in [2.24, 2.45) is 0 Å². The van der Waals surface area contributed by atoms with E-state index in [4.69, 9.17) is 4.74 Å². The van der Waals surface area contributed by atoms with Crippen LogP contribution in [0.15, 0.2) is 18.2 Å². The molecule has 0 aliphatic carbocycles. The predicted octanol–water partition coefficient (Wildman–Crippen LogP) is 2.48. The largest absolute Gasteiger partial charge is 0.485 e. The maximum Gasteiger partial charge on any atom is 0.127 e. The van der Waals surface area contributed by atoms with Crippen LogP contribution in [0.4, 0.5) is 0 Å². The number of hydrogen-bond acceptors (Lipinski definition) is 2. The summed E-state index contributed by atoms with van der Waals surface area (Å²) in [5.74, 6) is 1.71. The highest BCUT2D eigenvalue weighted by atomic mass is 16.5. The molecule has 16 heavy (non-hydrogen) atoms. The van der Waals surface area contributed by atoms with Crippen LogP contribution in [0.2, 0.25) is 0 Å². The normalized spacial score (nSPS) is 27.4. The van der Waals surface area contributed by atoms with Gasteiger partial charge in [0.15, 0.2) is 0 Å². The van der Waals surface area contributed by atoms with E-state index in [2.05, 4.69) is 37.4 Å². The number of hydrogen-bond donors (Lipinski definition) is 1. The fourth-order valence-electron chi connectivity index (χ4n) is 2.77. The summed E-state index contributed by atoms with van der Waals surface area (Å²) in [6, 6.07) is 6.68. The lowest BCUT2D eigenvalue weighted by Crippen LogP contribution is -2.36. The number of benzene rings is 1. The van der Waals surface area contributed by atoms with Crippen LogP contribution in [0.3, 0.4) is 0 Å². The molecule has 1 spiro atoms. The molecule has 1 saturated heterocycles. The zero-order valence-electron chi connectivity index (χ0n) is 10.0. The first-order valence-corrected chi connectivity index (χ1v) is 6.21. The molecule has 3 rings (SSSR count). The van der Waals surface area contributed by atoms with Crippen LogP contribution in [-0.2, 0) is 6.42 Å². The minimum atomic E-state index is 0.0674. The summed E-state index contributed by atoms with van der Waals surface area (Å²) in [6.07, 6.45) is 2.22. The van der Waals surface area contributed by atoms with Crippen molar-refractivity contribution in [2.75, 3.05) is 13.1 Å². The Labute approximate surface area is 97.0 Å². The van der Waals surface area contributed by atoms with E-state index in [0.717, 1.165) is 31.7 Å². The molecule has 86 valence electrons. The average molecular weight is 217 g/mol. The highest BCUT2D eigenvalue weighted by Gasteiger charge is 2.41. The lowest BCUT2D eigenvalue weighted by Gasteiger charge is -2.21. The van der Waals surface area contributed by atoms with Crippen LogP contribution in [-0.4, -0.2) is 18.7 Å². The van der Waals surface area contributed by atoms with E-state index in [1.165, 1.54) is 11.1 Å². The van der Waals surface area contributed by atoms with E-state index in [0.29, 0.717) is 5.92 Å². The van der Waals surface area contributed by atoms with Gasteiger partial charge in [0, 0.05) is 19.4 Å². The van der Waals surface area contributed by atoms with Crippen molar-refractivity contribution in [3.63, 3.8) is 0 Å². The fraction of sp³-hybridized carbons (Fsp3) is 0.571. The topological polar surface area (TPSA) is 21.3 Å². The van der Waals surface area contributed by atoms with Gasteiger partial charge in [-0.3, -0.25) is 0 Å². The van der Waals surface area contributed by atoms with E-state index in [9.17, 15) is 0 Å². The first-order chi connectivity index (χ1) is 7.69. The molecule has 2 heteroatoms.